The zero-order valence-corrected chi connectivity index (χ0v) is 9.26. The maximum absolute atomic E-state index is 11.3. The van der Waals surface area contributed by atoms with E-state index in [1.54, 1.807) is 0 Å². The number of terminal acetylenes is 1. The third-order valence-electron chi connectivity index (χ3n) is 2.05. The van der Waals surface area contributed by atoms with Gasteiger partial charge in [0, 0.05) is 18.5 Å². The van der Waals surface area contributed by atoms with Crippen LogP contribution in [0.2, 0.25) is 0 Å². The van der Waals surface area contributed by atoms with Gasteiger partial charge in [-0.3, -0.25) is 4.79 Å². The summed E-state index contributed by atoms with van der Waals surface area (Å²) in [5, 5.41) is 5.93. The summed E-state index contributed by atoms with van der Waals surface area (Å²) in [6.07, 6.45) is 6.75. The zero-order chi connectivity index (χ0) is 11.0. The highest BCUT2D eigenvalue weighted by atomic mass is 16.1. The van der Waals surface area contributed by atoms with Gasteiger partial charge in [0.25, 0.3) is 0 Å². The Bertz CT molecular complexity index is 208. The first-order valence-corrected chi connectivity index (χ1v) is 5.06. The number of carbonyl (C=O) groups is 1. The van der Waals surface area contributed by atoms with Gasteiger partial charge in [0.05, 0.1) is 6.54 Å². The molecule has 0 heterocycles. The molecule has 2 N–H and O–H groups in total. The van der Waals surface area contributed by atoms with E-state index >= 15 is 0 Å². The average molecular weight is 196 g/mol. The molecule has 0 radical (unpaired) electrons. The molecule has 0 aromatic carbocycles. The van der Waals surface area contributed by atoms with Gasteiger partial charge < -0.3 is 10.6 Å². The smallest absolute Gasteiger partial charge is 0.234 e. The van der Waals surface area contributed by atoms with Crippen LogP contribution in [0.1, 0.15) is 33.6 Å². The Labute approximate surface area is 86.6 Å². The molecule has 0 saturated carbocycles. The fourth-order valence-corrected chi connectivity index (χ4v) is 0.944. The molecular formula is C11H20N2O. The van der Waals surface area contributed by atoms with Crippen molar-refractivity contribution in [3.05, 3.63) is 0 Å². The van der Waals surface area contributed by atoms with E-state index in [4.69, 9.17) is 6.42 Å². The Kier molecular flexibility index (Phi) is 6.87. The van der Waals surface area contributed by atoms with Crippen LogP contribution >= 0.6 is 0 Å². The monoisotopic (exact) mass is 196 g/mol. The molecule has 2 atom stereocenters. The summed E-state index contributed by atoms with van der Waals surface area (Å²) in [4.78, 5) is 11.3. The Hall–Kier alpha value is -1.01. The standard InChI is InChI=1S/C11H20N2O/c1-5-7-10(4)12-8-11(14)13-9(3)6-2/h1,9-10,12H,6-8H2,2-4H3,(H,13,14). The van der Waals surface area contributed by atoms with Gasteiger partial charge in [-0.15, -0.1) is 12.3 Å². The molecule has 3 nitrogen and oxygen atoms in total. The van der Waals surface area contributed by atoms with Crippen molar-refractivity contribution in [1.82, 2.24) is 10.6 Å². The maximum Gasteiger partial charge on any atom is 0.234 e. The number of rotatable bonds is 6. The fraction of sp³-hybridized carbons (Fsp3) is 0.727. The third kappa shape index (κ3) is 6.50. The molecule has 0 rings (SSSR count). The number of nitrogens with one attached hydrogen (secondary N) is 2. The quantitative estimate of drug-likeness (QED) is 0.620. The second kappa shape index (κ2) is 7.40. The topological polar surface area (TPSA) is 41.1 Å². The molecule has 0 fully saturated rings. The van der Waals surface area contributed by atoms with E-state index in [1.807, 2.05) is 20.8 Å². The van der Waals surface area contributed by atoms with Gasteiger partial charge in [0.2, 0.25) is 5.91 Å². The van der Waals surface area contributed by atoms with Crippen LogP contribution in [0.5, 0.6) is 0 Å². The highest BCUT2D eigenvalue weighted by Crippen LogP contribution is 1.89. The van der Waals surface area contributed by atoms with Crippen molar-refractivity contribution in [2.75, 3.05) is 6.54 Å². The molecule has 0 saturated heterocycles. The first-order valence-electron chi connectivity index (χ1n) is 5.06. The molecule has 80 valence electrons. The van der Waals surface area contributed by atoms with Gasteiger partial charge in [-0.05, 0) is 20.3 Å². The van der Waals surface area contributed by atoms with Crippen molar-refractivity contribution >= 4 is 5.91 Å². The van der Waals surface area contributed by atoms with Crippen LogP contribution in [0.4, 0.5) is 0 Å². The molecule has 0 aliphatic rings. The second-order valence-corrected chi connectivity index (χ2v) is 3.57. The minimum atomic E-state index is 0.0308. The van der Waals surface area contributed by atoms with Crippen LogP contribution in [-0.4, -0.2) is 24.5 Å². The van der Waals surface area contributed by atoms with Crippen molar-refractivity contribution in [3.63, 3.8) is 0 Å². The molecule has 0 aromatic rings. The number of hydrogen-bond acceptors (Lipinski definition) is 2. The molecule has 0 aliphatic carbocycles. The molecule has 0 spiro atoms. The first-order chi connectivity index (χ1) is 6.60. The van der Waals surface area contributed by atoms with Crippen molar-refractivity contribution in [2.24, 2.45) is 0 Å². The van der Waals surface area contributed by atoms with E-state index in [-0.39, 0.29) is 18.0 Å². The van der Waals surface area contributed by atoms with Gasteiger partial charge in [0.15, 0.2) is 0 Å². The lowest BCUT2D eigenvalue weighted by Crippen LogP contribution is -2.41. The summed E-state index contributed by atoms with van der Waals surface area (Å²) in [6, 6.07) is 0.440. The van der Waals surface area contributed by atoms with E-state index in [0.717, 1.165) is 6.42 Å². The van der Waals surface area contributed by atoms with Crippen LogP contribution in [-0.2, 0) is 4.79 Å². The van der Waals surface area contributed by atoms with E-state index in [9.17, 15) is 4.79 Å². The normalized spacial score (nSPS) is 14.1. The SMILES string of the molecule is C#CCC(C)NCC(=O)NC(C)CC. The summed E-state index contributed by atoms with van der Waals surface area (Å²) >= 11 is 0. The minimum Gasteiger partial charge on any atom is -0.353 e. The summed E-state index contributed by atoms with van der Waals surface area (Å²) < 4.78 is 0. The maximum atomic E-state index is 11.3. The van der Waals surface area contributed by atoms with Gasteiger partial charge in [-0.25, -0.2) is 0 Å². The molecule has 0 aromatic heterocycles. The van der Waals surface area contributed by atoms with Crippen LogP contribution in [0.15, 0.2) is 0 Å². The Balaban J connectivity index is 3.59. The molecule has 0 bridgehead atoms. The van der Waals surface area contributed by atoms with Gasteiger partial charge >= 0.3 is 0 Å². The fourth-order valence-electron chi connectivity index (χ4n) is 0.944. The lowest BCUT2D eigenvalue weighted by molar-refractivity contribution is -0.120. The predicted octanol–water partition coefficient (Wildman–Crippen LogP) is 0.902. The number of amides is 1. The average Bonchev–Trinajstić information content (AvgIpc) is 2.15. The van der Waals surface area contributed by atoms with Gasteiger partial charge in [-0.2, -0.15) is 0 Å². The Morgan fingerprint density at radius 1 is 1.43 bits per heavy atom. The Morgan fingerprint density at radius 3 is 2.57 bits per heavy atom. The molecule has 1 amide bonds. The second-order valence-electron chi connectivity index (χ2n) is 3.57. The van der Waals surface area contributed by atoms with Gasteiger partial charge in [0.1, 0.15) is 0 Å². The highest BCUT2D eigenvalue weighted by molar-refractivity contribution is 5.78. The van der Waals surface area contributed by atoms with E-state index < -0.39 is 0 Å². The van der Waals surface area contributed by atoms with Crippen LogP contribution in [0, 0.1) is 12.3 Å². The molecule has 14 heavy (non-hydrogen) atoms. The van der Waals surface area contributed by atoms with E-state index in [0.29, 0.717) is 13.0 Å². The van der Waals surface area contributed by atoms with E-state index in [2.05, 4.69) is 16.6 Å². The predicted molar refractivity (Wildman–Crippen MR) is 58.8 cm³/mol. The molecule has 2 unspecified atom stereocenters. The first kappa shape index (κ1) is 13.0. The zero-order valence-electron chi connectivity index (χ0n) is 9.26. The third-order valence-corrected chi connectivity index (χ3v) is 2.05. The van der Waals surface area contributed by atoms with Crippen molar-refractivity contribution < 1.29 is 4.79 Å². The Morgan fingerprint density at radius 2 is 2.07 bits per heavy atom. The van der Waals surface area contributed by atoms with E-state index in [1.165, 1.54) is 0 Å². The minimum absolute atomic E-state index is 0.0308. The molecule has 0 aliphatic heterocycles. The van der Waals surface area contributed by atoms with Crippen LogP contribution < -0.4 is 10.6 Å². The summed E-state index contributed by atoms with van der Waals surface area (Å²) in [6.45, 7) is 6.34. The van der Waals surface area contributed by atoms with Crippen molar-refractivity contribution in [1.29, 1.82) is 0 Å². The van der Waals surface area contributed by atoms with Gasteiger partial charge in [-0.1, -0.05) is 6.92 Å². The number of carbonyl (C=O) groups excluding carboxylic acids is 1. The van der Waals surface area contributed by atoms with Crippen molar-refractivity contribution in [2.45, 2.75) is 45.7 Å². The highest BCUT2D eigenvalue weighted by Gasteiger charge is 2.06. The molecule has 3 heteroatoms. The van der Waals surface area contributed by atoms with Crippen LogP contribution in [0.25, 0.3) is 0 Å². The molecular weight excluding hydrogens is 176 g/mol. The lowest BCUT2D eigenvalue weighted by Gasteiger charge is -2.14. The lowest BCUT2D eigenvalue weighted by atomic mass is 10.2. The van der Waals surface area contributed by atoms with Crippen LogP contribution in [0.3, 0.4) is 0 Å². The number of hydrogen-bond donors (Lipinski definition) is 2. The largest absolute Gasteiger partial charge is 0.353 e. The summed E-state index contributed by atoms with van der Waals surface area (Å²) in [5.41, 5.74) is 0. The summed E-state index contributed by atoms with van der Waals surface area (Å²) in [5.74, 6) is 2.58. The summed E-state index contributed by atoms with van der Waals surface area (Å²) in [7, 11) is 0. The van der Waals surface area contributed by atoms with Crippen molar-refractivity contribution in [3.8, 4) is 12.3 Å².